The molecular formula is C27H27NSn. The zero-order chi connectivity index (χ0) is 19.9. The number of para-hydroxylation sites is 1. The van der Waals surface area contributed by atoms with Crippen molar-refractivity contribution < 1.29 is 0 Å². The second-order valence-corrected chi connectivity index (χ2v) is 19.0. The third-order valence-corrected chi connectivity index (χ3v) is 19.9. The van der Waals surface area contributed by atoms with Gasteiger partial charge in [-0.2, -0.15) is 0 Å². The van der Waals surface area contributed by atoms with Crippen molar-refractivity contribution >= 4 is 34.8 Å². The Labute approximate surface area is 178 Å². The van der Waals surface area contributed by atoms with Crippen molar-refractivity contribution in [3.05, 3.63) is 121 Å². The van der Waals surface area contributed by atoms with Crippen molar-refractivity contribution in [3.8, 4) is 0 Å². The molecule has 0 saturated heterocycles. The summed E-state index contributed by atoms with van der Waals surface area (Å²) in [6.45, 7) is 1.04. The Morgan fingerprint density at radius 3 is 1.24 bits per heavy atom. The van der Waals surface area contributed by atoms with E-state index in [9.17, 15) is 0 Å². The van der Waals surface area contributed by atoms with Crippen LogP contribution in [0, 0.1) is 0 Å². The van der Waals surface area contributed by atoms with Crippen LogP contribution in [0.4, 0.5) is 5.69 Å². The van der Waals surface area contributed by atoms with Crippen LogP contribution in [0.1, 0.15) is 0 Å². The minimum atomic E-state index is -3.16. The summed E-state index contributed by atoms with van der Waals surface area (Å²) in [6, 6.07) is 44.5. The van der Waals surface area contributed by atoms with Gasteiger partial charge in [-0.3, -0.25) is 0 Å². The van der Waals surface area contributed by atoms with Crippen molar-refractivity contribution in [1.29, 1.82) is 0 Å². The van der Waals surface area contributed by atoms with Crippen LogP contribution >= 0.6 is 0 Å². The predicted octanol–water partition coefficient (Wildman–Crippen LogP) is 4.29. The number of nitrogens with zero attached hydrogens (tertiary/aromatic N) is 1. The topological polar surface area (TPSA) is 3.24 Å². The molecule has 1 nitrogen and oxygen atoms in total. The van der Waals surface area contributed by atoms with E-state index in [2.05, 4.69) is 133 Å². The Bertz CT molecular complexity index is 905. The van der Waals surface area contributed by atoms with E-state index in [-0.39, 0.29) is 0 Å². The Balaban J connectivity index is 1.82. The Morgan fingerprint density at radius 1 is 0.517 bits per heavy atom. The summed E-state index contributed by atoms with van der Waals surface area (Å²) in [6.07, 6.45) is 0. The molecule has 2 heteroatoms. The first kappa shape index (κ1) is 19.8. The summed E-state index contributed by atoms with van der Waals surface area (Å²) in [4.78, 5) is 2.40. The molecule has 4 aromatic carbocycles. The normalized spacial score (nSPS) is 11.2. The molecule has 0 aliphatic heterocycles. The average Bonchev–Trinajstić information content (AvgIpc) is 2.82. The van der Waals surface area contributed by atoms with Crippen LogP contribution in [0.15, 0.2) is 121 Å². The molecule has 0 aliphatic carbocycles. The third kappa shape index (κ3) is 4.25. The summed E-state index contributed by atoms with van der Waals surface area (Å²) in [5.41, 5.74) is 1.28. The van der Waals surface area contributed by atoms with Gasteiger partial charge in [0.25, 0.3) is 0 Å². The standard InChI is InChI=1S/C9H12N.3C6H5.Sn/c1-3-10(2)9-7-5-4-6-8-9;3*1-2-4-6-5-3-1;/h4-8H,1,3H2,2H3;3*1-5H;. The van der Waals surface area contributed by atoms with Crippen molar-refractivity contribution in [2.24, 2.45) is 0 Å². The van der Waals surface area contributed by atoms with Gasteiger partial charge in [-0.1, -0.05) is 0 Å². The molecule has 0 atom stereocenters. The van der Waals surface area contributed by atoms with E-state index in [4.69, 9.17) is 0 Å². The number of hydrogen-bond donors (Lipinski definition) is 0. The fourth-order valence-electron chi connectivity index (χ4n) is 4.25. The SMILES string of the molecule is CN(C[CH2][Sn]([c]1ccccc1)([c]1ccccc1)[c]1ccccc1)c1ccccc1. The molecule has 0 aromatic heterocycles. The van der Waals surface area contributed by atoms with Gasteiger partial charge in [0, 0.05) is 0 Å². The molecule has 0 heterocycles. The fourth-order valence-corrected chi connectivity index (χ4v) is 18.0. The first-order valence-corrected chi connectivity index (χ1v) is 16.5. The van der Waals surface area contributed by atoms with Crippen LogP contribution in [0.5, 0.6) is 0 Å². The Kier molecular flexibility index (Phi) is 6.36. The van der Waals surface area contributed by atoms with Gasteiger partial charge in [-0.15, -0.1) is 0 Å². The molecular weight excluding hydrogens is 457 g/mol. The minimum absolute atomic E-state index is 1.04. The van der Waals surface area contributed by atoms with Gasteiger partial charge in [-0.25, -0.2) is 0 Å². The maximum atomic E-state index is 2.40. The average molecular weight is 484 g/mol. The monoisotopic (exact) mass is 485 g/mol. The van der Waals surface area contributed by atoms with Crippen molar-refractivity contribution in [3.63, 3.8) is 0 Å². The molecule has 0 unspecified atom stereocenters. The Hall–Kier alpha value is -2.52. The van der Waals surface area contributed by atoms with Crippen LogP contribution in [0.25, 0.3) is 0 Å². The molecule has 0 aliphatic rings. The zero-order valence-corrected chi connectivity index (χ0v) is 19.8. The molecule has 0 radical (unpaired) electrons. The first-order valence-electron chi connectivity index (χ1n) is 10.2. The Morgan fingerprint density at radius 2 is 0.862 bits per heavy atom. The number of rotatable bonds is 7. The number of anilines is 1. The van der Waals surface area contributed by atoms with Crippen molar-refractivity contribution in [2.45, 2.75) is 4.44 Å². The predicted molar refractivity (Wildman–Crippen MR) is 129 cm³/mol. The van der Waals surface area contributed by atoms with E-state index in [0.29, 0.717) is 0 Å². The van der Waals surface area contributed by atoms with E-state index < -0.39 is 18.4 Å². The maximum absolute atomic E-state index is 3.16. The summed E-state index contributed by atoms with van der Waals surface area (Å²) in [5.74, 6) is 0. The summed E-state index contributed by atoms with van der Waals surface area (Å²) >= 11 is -3.16. The molecule has 4 aromatic rings. The molecule has 144 valence electrons. The van der Waals surface area contributed by atoms with Crippen molar-refractivity contribution in [2.75, 3.05) is 18.5 Å². The second-order valence-electron chi connectivity index (χ2n) is 7.51. The van der Waals surface area contributed by atoms with E-state index in [1.165, 1.54) is 10.1 Å². The number of hydrogen-bond acceptors (Lipinski definition) is 1. The molecule has 0 bridgehead atoms. The quantitative estimate of drug-likeness (QED) is 0.354. The number of benzene rings is 4. The van der Waals surface area contributed by atoms with Crippen LogP contribution in [0.3, 0.4) is 0 Å². The molecule has 0 N–H and O–H groups in total. The van der Waals surface area contributed by atoms with Gasteiger partial charge < -0.3 is 0 Å². The van der Waals surface area contributed by atoms with Gasteiger partial charge >= 0.3 is 179 Å². The fraction of sp³-hybridized carbons (Fsp3) is 0.111. The van der Waals surface area contributed by atoms with Crippen LogP contribution in [0.2, 0.25) is 4.44 Å². The molecule has 4 rings (SSSR count). The third-order valence-electron chi connectivity index (χ3n) is 5.82. The van der Waals surface area contributed by atoms with Gasteiger partial charge in [0.05, 0.1) is 0 Å². The summed E-state index contributed by atoms with van der Waals surface area (Å²) in [5, 5.41) is 0. The van der Waals surface area contributed by atoms with Crippen LogP contribution < -0.4 is 15.6 Å². The van der Waals surface area contributed by atoms with Gasteiger partial charge in [0.2, 0.25) is 0 Å². The van der Waals surface area contributed by atoms with E-state index in [0.717, 1.165) is 6.54 Å². The van der Waals surface area contributed by atoms with E-state index in [1.54, 1.807) is 10.7 Å². The first-order chi connectivity index (χ1) is 14.3. The van der Waals surface area contributed by atoms with Gasteiger partial charge in [-0.05, 0) is 0 Å². The molecule has 0 saturated carbocycles. The zero-order valence-electron chi connectivity index (χ0n) is 16.9. The van der Waals surface area contributed by atoms with E-state index >= 15 is 0 Å². The second kappa shape index (κ2) is 9.32. The van der Waals surface area contributed by atoms with Gasteiger partial charge in [0.1, 0.15) is 0 Å². The summed E-state index contributed by atoms with van der Waals surface area (Å²) < 4.78 is 5.82. The summed E-state index contributed by atoms with van der Waals surface area (Å²) in [7, 11) is 2.22. The van der Waals surface area contributed by atoms with Crippen LogP contribution in [-0.4, -0.2) is 32.0 Å². The molecule has 0 fully saturated rings. The van der Waals surface area contributed by atoms with E-state index in [1.807, 2.05) is 0 Å². The molecule has 0 spiro atoms. The van der Waals surface area contributed by atoms with Crippen LogP contribution in [-0.2, 0) is 0 Å². The molecule has 29 heavy (non-hydrogen) atoms. The van der Waals surface area contributed by atoms with Gasteiger partial charge in [0.15, 0.2) is 0 Å². The molecule has 0 amide bonds. The van der Waals surface area contributed by atoms with Crippen molar-refractivity contribution in [1.82, 2.24) is 0 Å².